The van der Waals surface area contributed by atoms with Crippen molar-refractivity contribution in [1.29, 1.82) is 0 Å². The Hall–Kier alpha value is -4.99. The Morgan fingerprint density at radius 3 is 2.38 bits per heavy atom. The summed E-state index contributed by atoms with van der Waals surface area (Å²) in [7, 11) is 0. The zero-order chi connectivity index (χ0) is 28.6. The average molecular weight is 543 g/mol. The number of benzene rings is 2. The summed E-state index contributed by atoms with van der Waals surface area (Å²) in [6, 6.07) is 13.8. The summed E-state index contributed by atoms with van der Waals surface area (Å²) in [5.74, 6) is -1.28. The normalized spacial score (nSPS) is 15.2. The maximum atomic E-state index is 13.4. The number of carbonyl (C=O) groups excluding carboxylic acids is 2. The molecule has 0 saturated heterocycles. The minimum atomic E-state index is -0.904. The second kappa shape index (κ2) is 12.7. The van der Waals surface area contributed by atoms with Crippen molar-refractivity contribution in [2.24, 2.45) is 0 Å². The summed E-state index contributed by atoms with van der Waals surface area (Å²) >= 11 is 0. The highest BCUT2D eigenvalue weighted by Gasteiger charge is 2.38. The highest BCUT2D eigenvalue weighted by atomic mass is 16.6. The van der Waals surface area contributed by atoms with E-state index in [0.29, 0.717) is 23.4 Å². The van der Waals surface area contributed by atoms with E-state index in [0.717, 1.165) is 17.0 Å². The van der Waals surface area contributed by atoms with Gasteiger partial charge in [0.1, 0.15) is 12.4 Å². The molecule has 2 N–H and O–H groups in total. The van der Waals surface area contributed by atoms with Gasteiger partial charge in [-0.05, 0) is 43.5 Å². The van der Waals surface area contributed by atoms with Crippen LogP contribution in [0.5, 0.6) is 0 Å². The predicted molar refractivity (Wildman–Crippen MR) is 149 cm³/mol. The number of nitro benzene ring substituents is 1. The molecule has 1 aliphatic heterocycles. The van der Waals surface area contributed by atoms with E-state index < -0.39 is 22.8 Å². The molecule has 10 heteroatoms. The molecular weight excluding hydrogens is 512 g/mol. The third-order valence-electron chi connectivity index (χ3n) is 6.42. The first-order valence-electron chi connectivity index (χ1n) is 12.8. The summed E-state index contributed by atoms with van der Waals surface area (Å²) in [5, 5.41) is 14.5. The maximum Gasteiger partial charge on any atom is 0.337 e. The number of carbonyl (C=O) groups is 2. The zero-order valence-electron chi connectivity index (χ0n) is 22.5. The summed E-state index contributed by atoms with van der Waals surface area (Å²) in [5.41, 5.74) is 3.68. The van der Waals surface area contributed by atoms with Gasteiger partial charge in [0, 0.05) is 42.3 Å². The molecule has 1 unspecified atom stereocenters. The van der Waals surface area contributed by atoms with Gasteiger partial charge in [0.15, 0.2) is 0 Å². The lowest BCUT2D eigenvalue weighted by molar-refractivity contribution is -0.384. The van der Waals surface area contributed by atoms with Gasteiger partial charge in [-0.15, -0.1) is 0 Å². The van der Waals surface area contributed by atoms with E-state index in [-0.39, 0.29) is 30.0 Å². The topological polar surface area (TPSA) is 136 Å². The molecule has 206 valence electrons. The molecule has 0 spiro atoms. The van der Waals surface area contributed by atoms with Gasteiger partial charge in [-0.3, -0.25) is 10.1 Å². The third-order valence-corrected chi connectivity index (χ3v) is 6.42. The second-order valence-corrected chi connectivity index (χ2v) is 9.16. The van der Waals surface area contributed by atoms with Crippen LogP contribution in [-0.4, -0.2) is 40.0 Å². The number of non-ortho nitro benzene ring substituents is 1. The Bertz CT molecular complexity index is 1490. The van der Waals surface area contributed by atoms with E-state index in [4.69, 9.17) is 9.47 Å². The summed E-state index contributed by atoms with van der Waals surface area (Å²) in [4.78, 5) is 44.6. The van der Waals surface area contributed by atoms with Crippen LogP contribution in [0, 0.1) is 10.1 Å². The van der Waals surface area contributed by atoms with Crippen molar-refractivity contribution in [3.8, 4) is 0 Å². The molecule has 0 bridgehead atoms. The fourth-order valence-electron chi connectivity index (χ4n) is 4.62. The number of aromatic amines is 1. The molecule has 0 amide bonds. The number of rotatable bonds is 10. The Balaban J connectivity index is 1.52. The number of nitrogens with one attached hydrogen (secondary N) is 2. The van der Waals surface area contributed by atoms with Crippen molar-refractivity contribution >= 4 is 23.7 Å². The highest BCUT2D eigenvalue weighted by Crippen LogP contribution is 2.40. The standard InChI is InChI=1S/C30H30N4O6/c1-4-39-29(35)26-19(2)33-20(3)27(28(26)23-8-5-9-24(18-23)34(37)38)30(36)40-16-6-7-21-10-12-22(13-11-21)17-25-31-14-15-32-25/h5-15,18,28,33H,4,16-17H2,1-3H3,(H,31,32)/b7-6+. The number of H-pyrrole nitrogens is 1. The number of ether oxygens (including phenoxy) is 2. The van der Waals surface area contributed by atoms with Crippen LogP contribution in [0.1, 0.15) is 49.2 Å². The van der Waals surface area contributed by atoms with Crippen LogP contribution in [0.2, 0.25) is 0 Å². The van der Waals surface area contributed by atoms with Crippen molar-refractivity contribution in [3.63, 3.8) is 0 Å². The number of nitro groups is 1. The van der Waals surface area contributed by atoms with Crippen LogP contribution < -0.4 is 5.32 Å². The smallest absolute Gasteiger partial charge is 0.337 e. The van der Waals surface area contributed by atoms with E-state index in [1.807, 2.05) is 30.3 Å². The molecule has 0 radical (unpaired) electrons. The zero-order valence-corrected chi connectivity index (χ0v) is 22.5. The molecule has 40 heavy (non-hydrogen) atoms. The predicted octanol–water partition coefficient (Wildman–Crippen LogP) is 4.96. The van der Waals surface area contributed by atoms with Crippen molar-refractivity contribution in [2.45, 2.75) is 33.1 Å². The number of esters is 2. The first kappa shape index (κ1) is 28.0. The van der Waals surface area contributed by atoms with Crippen molar-refractivity contribution in [2.75, 3.05) is 13.2 Å². The van der Waals surface area contributed by atoms with E-state index in [1.165, 1.54) is 18.2 Å². The Morgan fingerprint density at radius 2 is 1.75 bits per heavy atom. The van der Waals surface area contributed by atoms with Crippen molar-refractivity contribution < 1.29 is 24.0 Å². The first-order chi connectivity index (χ1) is 19.3. The van der Waals surface area contributed by atoms with Crippen LogP contribution in [0.15, 0.2) is 89.5 Å². The fraction of sp³-hybridized carbons (Fsp3) is 0.233. The molecule has 1 atom stereocenters. The lowest BCUT2D eigenvalue weighted by Crippen LogP contribution is -2.32. The molecule has 3 aromatic rings. The minimum absolute atomic E-state index is 0.0111. The van der Waals surface area contributed by atoms with Gasteiger partial charge in [-0.25, -0.2) is 14.6 Å². The molecule has 0 fully saturated rings. The number of aromatic nitrogens is 2. The minimum Gasteiger partial charge on any atom is -0.463 e. The Kier molecular flexibility index (Phi) is 8.90. The fourth-order valence-corrected chi connectivity index (χ4v) is 4.62. The molecule has 2 heterocycles. The Morgan fingerprint density at radius 1 is 1.05 bits per heavy atom. The van der Waals surface area contributed by atoms with Gasteiger partial charge in [0.2, 0.25) is 0 Å². The number of hydrogen-bond acceptors (Lipinski definition) is 8. The number of dihydropyridines is 1. The van der Waals surface area contributed by atoms with Crippen LogP contribution in [0.25, 0.3) is 6.08 Å². The number of imidazole rings is 1. The SMILES string of the molecule is CCOC(=O)C1=C(C)NC(C)=C(C(=O)OC/C=C/c2ccc(Cc3ncc[nH]3)cc2)C1c1cccc([N+](=O)[O-])c1. The number of nitrogens with zero attached hydrogens (tertiary/aromatic N) is 2. The van der Waals surface area contributed by atoms with Gasteiger partial charge >= 0.3 is 11.9 Å². The molecule has 1 aliphatic rings. The van der Waals surface area contributed by atoms with Crippen LogP contribution >= 0.6 is 0 Å². The molecule has 0 saturated carbocycles. The quantitative estimate of drug-likeness (QED) is 0.208. The lowest BCUT2D eigenvalue weighted by atomic mass is 9.80. The molecule has 0 aliphatic carbocycles. The largest absolute Gasteiger partial charge is 0.463 e. The third kappa shape index (κ3) is 6.52. The average Bonchev–Trinajstić information content (AvgIpc) is 3.44. The van der Waals surface area contributed by atoms with Gasteiger partial charge in [0.05, 0.1) is 28.6 Å². The summed E-state index contributed by atoms with van der Waals surface area (Å²) in [6.07, 6.45) is 7.77. The monoisotopic (exact) mass is 542 g/mol. The first-order valence-corrected chi connectivity index (χ1v) is 12.8. The van der Waals surface area contributed by atoms with Crippen LogP contribution in [-0.2, 0) is 25.5 Å². The molecule has 2 aromatic carbocycles. The van der Waals surface area contributed by atoms with E-state index in [9.17, 15) is 19.7 Å². The van der Waals surface area contributed by atoms with Gasteiger partial charge in [-0.2, -0.15) is 0 Å². The number of allylic oxidation sites excluding steroid dienone is 2. The number of hydrogen-bond donors (Lipinski definition) is 2. The van der Waals surface area contributed by atoms with Gasteiger partial charge < -0.3 is 19.8 Å². The van der Waals surface area contributed by atoms with Gasteiger partial charge in [-0.1, -0.05) is 42.5 Å². The molecule has 10 nitrogen and oxygen atoms in total. The molecular formula is C30H30N4O6. The van der Waals surface area contributed by atoms with Crippen LogP contribution in [0.4, 0.5) is 5.69 Å². The Labute approximate surface area is 231 Å². The lowest BCUT2D eigenvalue weighted by Gasteiger charge is -2.30. The van der Waals surface area contributed by atoms with Crippen LogP contribution in [0.3, 0.4) is 0 Å². The van der Waals surface area contributed by atoms with Crippen molar-refractivity contribution in [3.05, 3.63) is 122 Å². The van der Waals surface area contributed by atoms with Crippen molar-refractivity contribution in [1.82, 2.24) is 15.3 Å². The highest BCUT2D eigenvalue weighted by molar-refractivity contribution is 6.00. The summed E-state index contributed by atoms with van der Waals surface area (Å²) < 4.78 is 10.8. The maximum absolute atomic E-state index is 13.4. The van der Waals surface area contributed by atoms with E-state index >= 15 is 0 Å². The second-order valence-electron chi connectivity index (χ2n) is 9.16. The molecule has 1 aromatic heterocycles. The summed E-state index contributed by atoms with van der Waals surface area (Å²) in [6.45, 7) is 5.20. The van der Waals surface area contributed by atoms with Gasteiger partial charge in [0.25, 0.3) is 5.69 Å². The molecule has 4 rings (SSSR count). The van der Waals surface area contributed by atoms with E-state index in [2.05, 4.69) is 15.3 Å². The van der Waals surface area contributed by atoms with E-state index in [1.54, 1.807) is 45.3 Å².